The van der Waals surface area contributed by atoms with Crippen molar-refractivity contribution in [2.24, 2.45) is 0 Å². The van der Waals surface area contributed by atoms with Gasteiger partial charge in [-0.15, -0.1) is 0 Å². The third kappa shape index (κ3) is 7.68. The molecule has 0 aliphatic heterocycles. The van der Waals surface area contributed by atoms with Gasteiger partial charge >= 0.3 is 0 Å². The van der Waals surface area contributed by atoms with Gasteiger partial charge in [0.2, 0.25) is 5.91 Å². The highest BCUT2D eigenvalue weighted by atomic mass is 16.5. The van der Waals surface area contributed by atoms with Crippen LogP contribution in [0, 0.1) is 0 Å². The van der Waals surface area contributed by atoms with E-state index in [1.165, 1.54) is 0 Å². The number of nitrogens with one attached hydrogen (secondary N) is 1. The van der Waals surface area contributed by atoms with E-state index < -0.39 is 0 Å². The predicted octanol–water partition coefficient (Wildman–Crippen LogP) is 3.99. The summed E-state index contributed by atoms with van der Waals surface area (Å²) in [5.41, 5.74) is 1.99. The molecule has 0 bridgehead atoms. The standard InChI is InChI=1S/C25H27NO5/c1-28-24-16-21(12-13-23(24)31-18-20-8-4-2-5-9-20)17-26-25(27)19-29-14-15-30-22-10-6-3-7-11-22/h2-13,16H,14-15,17-19H2,1H3,(H,26,27). The quantitative estimate of drug-likeness (QED) is 0.448. The van der Waals surface area contributed by atoms with Gasteiger partial charge in [0, 0.05) is 6.54 Å². The maximum absolute atomic E-state index is 12.0. The van der Waals surface area contributed by atoms with Crippen molar-refractivity contribution in [3.05, 3.63) is 90.0 Å². The second-order valence-corrected chi connectivity index (χ2v) is 6.75. The van der Waals surface area contributed by atoms with E-state index in [0.29, 0.717) is 37.9 Å². The zero-order valence-electron chi connectivity index (χ0n) is 17.6. The molecule has 3 rings (SSSR count). The Bertz CT molecular complexity index is 931. The fourth-order valence-electron chi connectivity index (χ4n) is 2.83. The Kier molecular flexibility index (Phi) is 8.76. The molecule has 3 aromatic carbocycles. The van der Waals surface area contributed by atoms with E-state index in [4.69, 9.17) is 18.9 Å². The van der Waals surface area contributed by atoms with Crippen molar-refractivity contribution in [2.45, 2.75) is 13.2 Å². The lowest BCUT2D eigenvalue weighted by Crippen LogP contribution is -2.27. The van der Waals surface area contributed by atoms with Crippen LogP contribution in [0.25, 0.3) is 0 Å². The normalized spacial score (nSPS) is 10.4. The highest BCUT2D eigenvalue weighted by molar-refractivity contribution is 5.77. The molecule has 0 aromatic heterocycles. The summed E-state index contributed by atoms with van der Waals surface area (Å²) < 4.78 is 22.2. The van der Waals surface area contributed by atoms with E-state index in [9.17, 15) is 4.79 Å². The summed E-state index contributed by atoms with van der Waals surface area (Å²) in [6.07, 6.45) is 0. The van der Waals surface area contributed by atoms with Crippen LogP contribution in [-0.2, 0) is 22.7 Å². The maximum Gasteiger partial charge on any atom is 0.246 e. The second-order valence-electron chi connectivity index (χ2n) is 6.75. The second kappa shape index (κ2) is 12.2. The van der Waals surface area contributed by atoms with E-state index >= 15 is 0 Å². The summed E-state index contributed by atoms with van der Waals surface area (Å²) in [6.45, 7) is 1.53. The van der Waals surface area contributed by atoms with Crippen molar-refractivity contribution in [3.63, 3.8) is 0 Å². The van der Waals surface area contributed by atoms with E-state index in [1.54, 1.807) is 7.11 Å². The van der Waals surface area contributed by atoms with Gasteiger partial charge in [-0.2, -0.15) is 0 Å². The monoisotopic (exact) mass is 421 g/mol. The molecule has 0 saturated carbocycles. The van der Waals surface area contributed by atoms with Gasteiger partial charge in [-0.1, -0.05) is 54.6 Å². The van der Waals surface area contributed by atoms with Gasteiger partial charge in [-0.3, -0.25) is 4.79 Å². The van der Waals surface area contributed by atoms with Crippen LogP contribution in [0.15, 0.2) is 78.9 Å². The van der Waals surface area contributed by atoms with Gasteiger partial charge in [-0.05, 0) is 35.4 Å². The summed E-state index contributed by atoms with van der Waals surface area (Å²) in [5.74, 6) is 1.86. The predicted molar refractivity (Wildman–Crippen MR) is 118 cm³/mol. The average Bonchev–Trinajstić information content (AvgIpc) is 2.82. The number of para-hydroxylation sites is 1. The fraction of sp³-hybridized carbons (Fsp3) is 0.240. The van der Waals surface area contributed by atoms with Crippen LogP contribution < -0.4 is 19.5 Å². The molecule has 0 unspecified atom stereocenters. The Hall–Kier alpha value is -3.51. The lowest BCUT2D eigenvalue weighted by atomic mass is 10.2. The van der Waals surface area contributed by atoms with Crippen LogP contribution in [0.2, 0.25) is 0 Å². The molecule has 0 aliphatic carbocycles. The summed E-state index contributed by atoms with van der Waals surface area (Å²) in [7, 11) is 1.60. The number of hydrogen-bond donors (Lipinski definition) is 1. The third-order valence-electron chi connectivity index (χ3n) is 4.43. The van der Waals surface area contributed by atoms with Crippen molar-refractivity contribution < 1.29 is 23.7 Å². The molecule has 0 heterocycles. The Labute approximate surface area is 182 Å². The summed E-state index contributed by atoms with van der Waals surface area (Å²) >= 11 is 0. The van der Waals surface area contributed by atoms with E-state index in [2.05, 4.69) is 5.32 Å². The van der Waals surface area contributed by atoms with Crippen molar-refractivity contribution in [2.75, 3.05) is 26.9 Å². The van der Waals surface area contributed by atoms with Crippen LogP contribution in [0.1, 0.15) is 11.1 Å². The zero-order valence-corrected chi connectivity index (χ0v) is 17.6. The molecule has 1 N–H and O–H groups in total. The van der Waals surface area contributed by atoms with Gasteiger partial charge in [0.25, 0.3) is 0 Å². The molecule has 0 radical (unpaired) electrons. The Morgan fingerprint density at radius 3 is 2.29 bits per heavy atom. The molecule has 3 aromatic rings. The molecule has 6 nitrogen and oxygen atoms in total. The zero-order chi connectivity index (χ0) is 21.7. The van der Waals surface area contributed by atoms with Crippen molar-refractivity contribution in [3.8, 4) is 17.2 Å². The molecular formula is C25H27NO5. The Morgan fingerprint density at radius 2 is 1.55 bits per heavy atom. The van der Waals surface area contributed by atoms with E-state index in [1.807, 2.05) is 78.9 Å². The van der Waals surface area contributed by atoms with E-state index in [0.717, 1.165) is 16.9 Å². The number of methoxy groups -OCH3 is 1. The Balaban J connectivity index is 1.37. The minimum Gasteiger partial charge on any atom is -0.493 e. The Morgan fingerprint density at radius 1 is 0.806 bits per heavy atom. The molecule has 0 spiro atoms. The average molecular weight is 421 g/mol. The van der Waals surface area contributed by atoms with Gasteiger partial charge in [-0.25, -0.2) is 0 Å². The van der Waals surface area contributed by atoms with Crippen LogP contribution in [0.4, 0.5) is 0 Å². The summed E-state index contributed by atoms with van der Waals surface area (Å²) in [4.78, 5) is 12.0. The number of amides is 1. The largest absolute Gasteiger partial charge is 0.493 e. The molecule has 0 saturated heterocycles. The minimum atomic E-state index is -0.192. The first-order valence-electron chi connectivity index (χ1n) is 10.1. The molecule has 31 heavy (non-hydrogen) atoms. The molecule has 162 valence electrons. The first-order chi connectivity index (χ1) is 15.2. The van der Waals surface area contributed by atoms with Gasteiger partial charge in [0.1, 0.15) is 25.6 Å². The minimum absolute atomic E-state index is 0.0203. The van der Waals surface area contributed by atoms with Crippen molar-refractivity contribution >= 4 is 5.91 Å². The number of carbonyl (C=O) groups is 1. The molecule has 0 fully saturated rings. The molecule has 0 atom stereocenters. The molecule has 6 heteroatoms. The third-order valence-corrected chi connectivity index (χ3v) is 4.43. The smallest absolute Gasteiger partial charge is 0.246 e. The van der Waals surface area contributed by atoms with Crippen LogP contribution >= 0.6 is 0 Å². The van der Waals surface area contributed by atoms with Crippen molar-refractivity contribution in [1.82, 2.24) is 5.32 Å². The fourth-order valence-corrected chi connectivity index (χ4v) is 2.83. The lowest BCUT2D eigenvalue weighted by Gasteiger charge is -2.13. The van der Waals surface area contributed by atoms with Crippen molar-refractivity contribution in [1.29, 1.82) is 0 Å². The van der Waals surface area contributed by atoms with E-state index in [-0.39, 0.29) is 12.5 Å². The number of hydrogen-bond acceptors (Lipinski definition) is 5. The van der Waals surface area contributed by atoms with Crippen LogP contribution in [0.5, 0.6) is 17.2 Å². The van der Waals surface area contributed by atoms with Gasteiger partial charge < -0.3 is 24.3 Å². The summed E-state index contributed by atoms with van der Waals surface area (Å²) in [6, 6.07) is 25.0. The topological polar surface area (TPSA) is 66.0 Å². The number of benzene rings is 3. The SMILES string of the molecule is COc1cc(CNC(=O)COCCOc2ccccc2)ccc1OCc1ccccc1. The molecule has 1 amide bonds. The first kappa shape index (κ1) is 22.2. The molecular weight excluding hydrogens is 394 g/mol. The maximum atomic E-state index is 12.0. The lowest BCUT2D eigenvalue weighted by molar-refractivity contribution is -0.126. The number of rotatable bonds is 12. The van der Waals surface area contributed by atoms with Gasteiger partial charge in [0.05, 0.1) is 13.7 Å². The molecule has 0 aliphatic rings. The van der Waals surface area contributed by atoms with Gasteiger partial charge in [0.15, 0.2) is 11.5 Å². The first-order valence-corrected chi connectivity index (χ1v) is 10.1. The summed E-state index contributed by atoms with van der Waals surface area (Å²) in [5, 5.41) is 2.84. The highest BCUT2D eigenvalue weighted by Crippen LogP contribution is 2.28. The number of carbonyl (C=O) groups excluding carboxylic acids is 1. The highest BCUT2D eigenvalue weighted by Gasteiger charge is 2.08. The van der Waals surface area contributed by atoms with Crippen LogP contribution in [0.3, 0.4) is 0 Å². The van der Waals surface area contributed by atoms with Crippen LogP contribution in [-0.4, -0.2) is 32.8 Å². The number of ether oxygens (including phenoxy) is 4.